The first-order chi connectivity index (χ1) is 12.1. The van der Waals surface area contributed by atoms with Gasteiger partial charge in [-0.1, -0.05) is 66.2 Å². The Hall–Kier alpha value is -2.91. The molecule has 25 heavy (non-hydrogen) atoms. The summed E-state index contributed by atoms with van der Waals surface area (Å²) < 4.78 is 0. The monoisotopic (exact) mass is 329 g/mol. The average molecular weight is 329 g/mol. The molecule has 3 aromatic rings. The van der Waals surface area contributed by atoms with Crippen molar-refractivity contribution in [1.29, 1.82) is 0 Å². The smallest absolute Gasteiger partial charge is 0.261 e. The summed E-state index contributed by atoms with van der Waals surface area (Å²) in [6.45, 7) is 2.00. The number of aryl methyl sites for hydroxylation is 1. The van der Waals surface area contributed by atoms with Gasteiger partial charge >= 0.3 is 0 Å². The van der Waals surface area contributed by atoms with E-state index in [4.69, 9.17) is 0 Å². The Kier molecular flexibility index (Phi) is 3.66. The van der Waals surface area contributed by atoms with Crippen LogP contribution >= 0.6 is 0 Å². The quantitative estimate of drug-likeness (QED) is 0.788. The van der Waals surface area contributed by atoms with E-state index < -0.39 is 5.72 Å². The van der Waals surface area contributed by atoms with Crippen molar-refractivity contribution in [3.05, 3.63) is 101 Å². The maximum atomic E-state index is 13.1. The standard InChI is InChI=1S/C22H19NO2/c1-16-11-13-18(14-12-16)23-21(24)19-9-5-6-10-20(19)22(23,25)15-17-7-3-2-4-8-17/h2-14,25H,15H2,1H3/t22-/m0/s1. The molecule has 1 aliphatic rings. The molecule has 0 aliphatic carbocycles. The van der Waals surface area contributed by atoms with E-state index in [1.54, 1.807) is 6.07 Å². The van der Waals surface area contributed by atoms with Gasteiger partial charge in [-0.25, -0.2) is 0 Å². The van der Waals surface area contributed by atoms with Crippen LogP contribution in [0.1, 0.15) is 27.0 Å². The molecule has 1 N–H and O–H groups in total. The number of carbonyl (C=O) groups excluding carboxylic acids is 1. The molecule has 0 radical (unpaired) electrons. The highest BCUT2D eigenvalue weighted by Crippen LogP contribution is 2.42. The van der Waals surface area contributed by atoms with Crippen molar-refractivity contribution in [2.75, 3.05) is 4.90 Å². The Morgan fingerprint density at radius 3 is 2.24 bits per heavy atom. The van der Waals surface area contributed by atoms with Crippen LogP contribution in [0.5, 0.6) is 0 Å². The van der Waals surface area contributed by atoms with Crippen LogP contribution in [0.2, 0.25) is 0 Å². The average Bonchev–Trinajstić information content (AvgIpc) is 2.85. The van der Waals surface area contributed by atoms with E-state index >= 15 is 0 Å². The zero-order valence-corrected chi connectivity index (χ0v) is 14.0. The SMILES string of the molecule is Cc1ccc(N2C(=O)c3ccccc3[C@@]2(O)Cc2ccccc2)cc1. The van der Waals surface area contributed by atoms with Gasteiger partial charge in [0.25, 0.3) is 5.91 Å². The van der Waals surface area contributed by atoms with Crippen LogP contribution in [0, 0.1) is 6.92 Å². The maximum Gasteiger partial charge on any atom is 0.261 e. The molecule has 0 saturated heterocycles. The van der Waals surface area contributed by atoms with Gasteiger partial charge in [-0.2, -0.15) is 0 Å². The molecule has 1 atom stereocenters. The Balaban J connectivity index is 1.86. The van der Waals surface area contributed by atoms with Crippen molar-refractivity contribution >= 4 is 11.6 Å². The Bertz CT molecular complexity index is 918. The number of fused-ring (bicyclic) bond motifs is 1. The number of aliphatic hydroxyl groups is 1. The number of amides is 1. The van der Waals surface area contributed by atoms with Gasteiger partial charge in [0.15, 0.2) is 5.72 Å². The van der Waals surface area contributed by atoms with Gasteiger partial charge < -0.3 is 5.11 Å². The number of anilines is 1. The van der Waals surface area contributed by atoms with Crippen molar-refractivity contribution in [3.63, 3.8) is 0 Å². The summed E-state index contributed by atoms with van der Waals surface area (Å²) >= 11 is 0. The van der Waals surface area contributed by atoms with Gasteiger partial charge in [0.05, 0.1) is 0 Å². The van der Waals surface area contributed by atoms with E-state index in [1.807, 2.05) is 79.7 Å². The number of rotatable bonds is 3. The van der Waals surface area contributed by atoms with Crippen LogP contribution < -0.4 is 4.90 Å². The number of carbonyl (C=O) groups is 1. The van der Waals surface area contributed by atoms with Crippen molar-refractivity contribution < 1.29 is 9.90 Å². The number of hydrogen-bond acceptors (Lipinski definition) is 2. The fourth-order valence-electron chi connectivity index (χ4n) is 3.51. The summed E-state index contributed by atoms with van der Waals surface area (Å²) in [5.41, 5.74) is 2.60. The highest BCUT2D eigenvalue weighted by molar-refractivity contribution is 6.11. The first-order valence-corrected chi connectivity index (χ1v) is 8.37. The van der Waals surface area contributed by atoms with E-state index in [0.717, 1.165) is 11.1 Å². The first kappa shape index (κ1) is 15.6. The molecule has 0 spiro atoms. The lowest BCUT2D eigenvalue weighted by atomic mass is 9.94. The summed E-state index contributed by atoms with van der Waals surface area (Å²) in [6, 6.07) is 24.8. The maximum absolute atomic E-state index is 13.1. The molecule has 3 nitrogen and oxygen atoms in total. The van der Waals surface area contributed by atoms with Crippen LogP contribution in [0.4, 0.5) is 5.69 Å². The fourth-order valence-corrected chi connectivity index (χ4v) is 3.51. The lowest BCUT2D eigenvalue weighted by molar-refractivity contribution is 0.0395. The van der Waals surface area contributed by atoms with E-state index in [1.165, 1.54) is 4.90 Å². The van der Waals surface area contributed by atoms with E-state index in [-0.39, 0.29) is 5.91 Å². The summed E-state index contributed by atoms with van der Waals surface area (Å²) in [5.74, 6) is -0.169. The van der Waals surface area contributed by atoms with Crippen molar-refractivity contribution in [2.24, 2.45) is 0 Å². The molecule has 1 heterocycles. The van der Waals surface area contributed by atoms with Crippen LogP contribution in [0.15, 0.2) is 78.9 Å². The van der Waals surface area contributed by atoms with Crippen LogP contribution in [0.3, 0.4) is 0 Å². The first-order valence-electron chi connectivity index (χ1n) is 8.37. The predicted octanol–water partition coefficient (Wildman–Crippen LogP) is 4.04. The molecule has 4 rings (SSSR count). The molecule has 0 saturated carbocycles. The molecule has 3 aromatic carbocycles. The highest BCUT2D eigenvalue weighted by atomic mass is 16.3. The molecule has 0 bridgehead atoms. The minimum atomic E-state index is -1.40. The fraction of sp³-hybridized carbons (Fsp3) is 0.136. The van der Waals surface area contributed by atoms with E-state index in [9.17, 15) is 9.90 Å². The topological polar surface area (TPSA) is 40.5 Å². The molecular formula is C22H19NO2. The normalized spacial score (nSPS) is 19.1. The van der Waals surface area contributed by atoms with Crippen LogP contribution in [-0.4, -0.2) is 11.0 Å². The molecule has 1 amide bonds. The van der Waals surface area contributed by atoms with Gasteiger partial charge in [-0.15, -0.1) is 0 Å². The summed E-state index contributed by atoms with van der Waals surface area (Å²) in [5, 5.41) is 11.7. The lowest BCUT2D eigenvalue weighted by Gasteiger charge is -2.34. The molecule has 0 aromatic heterocycles. The third kappa shape index (κ3) is 2.53. The zero-order chi connectivity index (χ0) is 17.4. The second-order valence-corrected chi connectivity index (χ2v) is 6.50. The van der Waals surface area contributed by atoms with E-state index in [0.29, 0.717) is 23.2 Å². The number of nitrogens with zero attached hydrogens (tertiary/aromatic N) is 1. The molecule has 0 fully saturated rings. The Morgan fingerprint density at radius 2 is 1.52 bits per heavy atom. The third-order valence-electron chi connectivity index (χ3n) is 4.75. The minimum Gasteiger partial charge on any atom is -0.366 e. The molecule has 3 heteroatoms. The summed E-state index contributed by atoms with van der Waals surface area (Å²) in [6.07, 6.45) is 0.338. The minimum absolute atomic E-state index is 0.169. The summed E-state index contributed by atoms with van der Waals surface area (Å²) in [4.78, 5) is 14.6. The Morgan fingerprint density at radius 1 is 0.880 bits per heavy atom. The second kappa shape index (κ2) is 5.87. The zero-order valence-electron chi connectivity index (χ0n) is 14.0. The van der Waals surface area contributed by atoms with Crippen molar-refractivity contribution in [1.82, 2.24) is 0 Å². The number of hydrogen-bond donors (Lipinski definition) is 1. The van der Waals surface area contributed by atoms with Crippen LogP contribution in [0.25, 0.3) is 0 Å². The van der Waals surface area contributed by atoms with E-state index in [2.05, 4.69) is 0 Å². The second-order valence-electron chi connectivity index (χ2n) is 6.50. The van der Waals surface area contributed by atoms with Crippen molar-refractivity contribution in [3.8, 4) is 0 Å². The summed E-state index contributed by atoms with van der Waals surface area (Å²) in [7, 11) is 0. The van der Waals surface area contributed by atoms with Gasteiger partial charge in [-0.05, 0) is 30.7 Å². The third-order valence-corrected chi connectivity index (χ3v) is 4.75. The van der Waals surface area contributed by atoms with Gasteiger partial charge in [-0.3, -0.25) is 9.69 Å². The molecule has 0 unspecified atom stereocenters. The molecule has 124 valence electrons. The van der Waals surface area contributed by atoms with Crippen molar-refractivity contribution in [2.45, 2.75) is 19.1 Å². The molecular weight excluding hydrogens is 310 g/mol. The lowest BCUT2D eigenvalue weighted by Crippen LogP contribution is -2.45. The number of benzene rings is 3. The van der Waals surface area contributed by atoms with Gasteiger partial charge in [0.1, 0.15) is 0 Å². The molecule has 1 aliphatic heterocycles. The van der Waals surface area contributed by atoms with Gasteiger partial charge in [0, 0.05) is 23.2 Å². The largest absolute Gasteiger partial charge is 0.366 e. The Labute approximate surface area is 147 Å². The van der Waals surface area contributed by atoms with Gasteiger partial charge in [0.2, 0.25) is 0 Å². The predicted molar refractivity (Wildman–Crippen MR) is 98.5 cm³/mol. The van der Waals surface area contributed by atoms with Crippen LogP contribution in [-0.2, 0) is 12.1 Å². The highest BCUT2D eigenvalue weighted by Gasteiger charge is 2.49.